The van der Waals surface area contributed by atoms with Crippen molar-refractivity contribution in [3.05, 3.63) is 54.4 Å². The summed E-state index contributed by atoms with van der Waals surface area (Å²) >= 11 is 0. The minimum absolute atomic E-state index is 0.190. The minimum atomic E-state index is 0.190. The lowest BCUT2D eigenvalue weighted by Gasteiger charge is -2.36. The lowest BCUT2D eigenvalue weighted by molar-refractivity contribution is 0.243. The Hall–Kier alpha value is -3.59. The Morgan fingerprint density at radius 2 is 1.55 bits per heavy atom. The number of hydrogen-bond acceptors (Lipinski definition) is 9. The molecule has 0 spiro atoms. The molecule has 1 aliphatic rings. The number of nitrogens with two attached hydrogens (primary N) is 1. The first-order valence-corrected chi connectivity index (χ1v) is 10.2. The van der Waals surface area contributed by atoms with Gasteiger partial charge in [-0.15, -0.1) is 0 Å². The van der Waals surface area contributed by atoms with E-state index in [4.69, 9.17) is 15.2 Å². The molecule has 0 saturated carbocycles. The quantitative estimate of drug-likeness (QED) is 0.596. The number of para-hydroxylation sites is 4. The van der Waals surface area contributed by atoms with Crippen LogP contribution in [0.2, 0.25) is 0 Å². The second-order valence-corrected chi connectivity index (χ2v) is 7.19. The monoisotopic (exact) mass is 421 g/mol. The third-order valence-electron chi connectivity index (χ3n) is 5.22. The number of nitrogens with one attached hydrogen (secondary N) is 1. The predicted molar refractivity (Wildman–Crippen MR) is 121 cm³/mol. The van der Waals surface area contributed by atoms with Gasteiger partial charge in [-0.25, -0.2) is 0 Å². The van der Waals surface area contributed by atoms with E-state index < -0.39 is 0 Å². The largest absolute Gasteiger partial charge is 0.495 e. The second kappa shape index (κ2) is 9.48. The Kier molecular flexibility index (Phi) is 6.32. The highest BCUT2D eigenvalue weighted by atomic mass is 16.5. The van der Waals surface area contributed by atoms with Crippen LogP contribution in [0.25, 0.3) is 0 Å². The maximum Gasteiger partial charge on any atom is 0.232 e. The molecule has 1 aromatic heterocycles. The summed E-state index contributed by atoms with van der Waals surface area (Å²) in [6.07, 6.45) is 0. The number of piperazine rings is 1. The van der Waals surface area contributed by atoms with Crippen molar-refractivity contribution in [2.24, 2.45) is 0 Å². The molecular formula is C22H27N7O2. The molecule has 1 saturated heterocycles. The van der Waals surface area contributed by atoms with Gasteiger partial charge in [0.05, 0.1) is 32.1 Å². The summed E-state index contributed by atoms with van der Waals surface area (Å²) < 4.78 is 10.9. The first kappa shape index (κ1) is 20.7. The van der Waals surface area contributed by atoms with Gasteiger partial charge >= 0.3 is 0 Å². The number of methoxy groups -OCH3 is 2. The molecule has 0 atom stereocenters. The normalized spacial score (nSPS) is 14.3. The van der Waals surface area contributed by atoms with E-state index in [9.17, 15) is 0 Å². The van der Waals surface area contributed by atoms with Crippen LogP contribution >= 0.6 is 0 Å². The van der Waals surface area contributed by atoms with E-state index in [0.717, 1.165) is 43.3 Å². The van der Waals surface area contributed by atoms with Crippen molar-refractivity contribution >= 4 is 23.3 Å². The molecule has 0 unspecified atom stereocenters. The number of benzene rings is 2. The maximum atomic E-state index is 5.94. The van der Waals surface area contributed by atoms with Gasteiger partial charge in [0.2, 0.25) is 11.9 Å². The molecule has 0 bridgehead atoms. The van der Waals surface area contributed by atoms with E-state index in [1.807, 2.05) is 42.5 Å². The van der Waals surface area contributed by atoms with E-state index in [-0.39, 0.29) is 5.95 Å². The number of aromatic nitrogens is 3. The number of anilines is 4. The Morgan fingerprint density at radius 1 is 0.871 bits per heavy atom. The summed E-state index contributed by atoms with van der Waals surface area (Å²) in [4.78, 5) is 17.8. The molecule has 9 heteroatoms. The average Bonchev–Trinajstić information content (AvgIpc) is 2.79. The van der Waals surface area contributed by atoms with Crippen LogP contribution in [0.4, 0.5) is 23.3 Å². The molecule has 0 radical (unpaired) electrons. The van der Waals surface area contributed by atoms with Gasteiger partial charge in [-0.3, -0.25) is 4.90 Å². The Labute approximate surface area is 181 Å². The predicted octanol–water partition coefficient (Wildman–Crippen LogP) is 2.54. The van der Waals surface area contributed by atoms with Gasteiger partial charge in [0.25, 0.3) is 0 Å². The Morgan fingerprint density at radius 3 is 2.29 bits per heavy atom. The topological polar surface area (TPSA) is 102 Å². The fourth-order valence-electron chi connectivity index (χ4n) is 3.67. The maximum absolute atomic E-state index is 5.94. The van der Waals surface area contributed by atoms with Gasteiger partial charge in [0.1, 0.15) is 17.3 Å². The standard InChI is InChI=1S/C22H27N7O2/c1-30-18-9-5-3-7-16(18)24-22-26-20(25-21(23)27-22)15-28-11-13-29(14-12-28)17-8-4-6-10-19(17)31-2/h3-10H,11-15H2,1-2H3,(H3,23,24,25,26,27). The first-order valence-electron chi connectivity index (χ1n) is 10.2. The van der Waals surface area contributed by atoms with Crippen LogP contribution in [0.3, 0.4) is 0 Å². The molecule has 31 heavy (non-hydrogen) atoms. The van der Waals surface area contributed by atoms with Crippen molar-refractivity contribution in [2.75, 3.05) is 56.3 Å². The van der Waals surface area contributed by atoms with Crippen molar-refractivity contribution in [1.29, 1.82) is 0 Å². The third kappa shape index (κ3) is 4.95. The van der Waals surface area contributed by atoms with Crippen molar-refractivity contribution in [3.63, 3.8) is 0 Å². The molecule has 162 valence electrons. The number of ether oxygens (including phenoxy) is 2. The summed E-state index contributed by atoms with van der Waals surface area (Å²) in [5.74, 6) is 2.83. The van der Waals surface area contributed by atoms with Gasteiger partial charge in [-0.2, -0.15) is 15.0 Å². The van der Waals surface area contributed by atoms with E-state index in [1.165, 1.54) is 0 Å². The van der Waals surface area contributed by atoms with Crippen LogP contribution in [0, 0.1) is 0 Å². The van der Waals surface area contributed by atoms with Gasteiger partial charge < -0.3 is 25.4 Å². The molecule has 2 aromatic carbocycles. The van der Waals surface area contributed by atoms with E-state index in [1.54, 1.807) is 14.2 Å². The van der Waals surface area contributed by atoms with Gasteiger partial charge in [0.15, 0.2) is 0 Å². The van der Waals surface area contributed by atoms with Crippen LogP contribution in [0.15, 0.2) is 48.5 Å². The Bertz CT molecular complexity index is 1020. The number of nitrogen functional groups attached to an aromatic ring is 1. The van der Waals surface area contributed by atoms with Crippen LogP contribution in [0.5, 0.6) is 11.5 Å². The van der Waals surface area contributed by atoms with Crippen molar-refractivity contribution in [3.8, 4) is 11.5 Å². The van der Waals surface area contributed by atoms with E-state index in [0.29, 0.717) is 24.1 Å². The highest BCUT2D eigenvalue weighted by Gasteiger charge is 2.20. The number of hydrogen-bond donors (Lipinski definition) is 2. The van der Waals surface area contributed by atoms with Crippen molar-refractivity contribution in [2.45, 2.75) is 6.54 Å². The zero-order valence-electron chi connectivity index (χ0n) is 17.8. The van der Waals surface area contributed by atoms with Crippen molar-refractivity contribution in [1.82, 2.24) is 19.9 Å². The third-order valence-corrected chi connectivity index (χ3v) is 5.22. The fraction of sp³-hybridized carbons (Fsp3) is 0.318. The van der Waals surface area contributed by atoms with Gasteiger partial charge in [-0.1, -0.05) is 24.3 Å². The first-order chi connectivity index (χ1) is 15.2. The highest BCUT2D eigenvalue weighted by molar-refractivity contribution is 5.62. The lowest BCUT2D eigenvalue weighted by atomic mass is 10.2. The summed E-state index contributed by atoms with van der Waals surface area (Å²) in [7, 11) is 3.33. The molecule has 0 aliphatic carbocycles. The van der Waals surface area contributed by atoms with Gasteiger partial charge in [-0.05, 0) is 24.3 Å². The molecule has 0 amide bonds. The van der Waals surface area contributed by atoms with E-state index in [2.05, 4.69) is 36.1 Å². The molecule has 1 aliphatic heterocycles. The molecule has 2 heterocycles. The zero-order valence-corrected chi connectivity index (χ0v) is 17.8. The highest BCUT2D eigenvalue weighted by Crippen LogP contribution is 2.29. The van der Waals surface area contributed by atoms with Crippen LogP contribution in [-0.4, -0.2) is 60.3 Å². The van der Waals surface area contributed by atoms with Crippen LogP contribution < -0.4 is 25.4 Å². The van der Waals surface area contributed by atoms with Crippen LogP contribution in [-0.2, 0) is 6.54 Å². The van der Waals surface area contributed by atoms with Crippen LogP contribution in [0.1, 0.15) is 5.82 Å². The lowest BCUT2D eigenvalue weighted by Crippen LogP contribution is -2.46. The molecule has 3 aromatic rings. The summed E-state index contributed by atoms with van der Waals surface area (Å²) in [6.45, 7) is 4.17. The summed E-state index contributed by atoms with van der Waals surface area (Å²) in [6, 6.07) is 15.7. The molecule has 1 fully saturated rings. The molecular weight excluding hydrogens is 394 g/mol. The van der Waals surface area contributed by atoms with Crippen molar-refractivity contribution < 1.29 is 9.47 Å². The van der Waals surface area contributed by atoms with E-state index >= 15 is 0 Å². The SMILES string of the molecule is COc1ccccc1Nc1nc(N)nc(CN2CCN(c3ccccc3OC)CC2)n1. The smallest absolute Gasteiger partial charge is 0.232 e. The fourth-order valence-corrected chi connectivity index (χ4v) is 3.67. The Balaban J connectivity index is 1.41. The number of nitrogens with zero attached hydrogens (tertiary/aromatic N) is 5. The average molecular weight is 422 g/mol. The summed E-state index contributed by atoms with van der Waals surface area (Å²) in [5, 5.41) is 3.18. The molecule has 4 rings (SSSR count). The minimum Gasteiger partial charge on any atom is -0.495 e. The zero-order chi connectivity index (χ0) is 21.6. The summed E-state index contributed by atoms with van der Waals surface area (Å²) in [5.41, 5.74) is 7.84. The molecule has 9 nitrogen and oxygen atoms in total. The van der Waals surface area contributed by atoms with Gasteiger partial charge in [0, 0.05) is 26.2 Å². The number of rotatable bonds is 7. The second-order valence-electron chi connectivity index (χ2n) is 7.19. The molecule has 3 N–H and O–H groups in total.